The Balaban J connectivity index is 2.28. The minimum Gasteiger partial charge on any atom is -0.374 e. The van der Waals surface area contributed by atoms with Crippen LogP contribution in [0.5, 0.6) is 0 Å². The van der Waals surface area contributed by atoms with E-state index in [1.165, 1.54) is 16.8 Å². The topological polar surface area (TPSA) is 29.3 Å². The van der Waals surface area contributed by atoms with E-state index in [4.69, 9.17) is 5.73 Å². The van der Waals surface area contributed by atoms with Gasteiger partial charge in [0.2, 0.25) is 0 Å². The van der Waals surface area contributed by atoms with Crippen LogP contribution in [0, 0.1) is 0 Å². The van der Waals surface area contributed by atoms with Crippen LogP contribution in [0.25, 0.3) is 6.08 Å². The van der Waals surface area contributed by atoms with E-state index in [1.807, 2.05) is 6.08 Å². The van der Waals surface area contributed by atoms with Gasteiger partial charge in [0.05, 0.1) is 0 Å². The molecule has 0 amide bonds. The van der Waals surface area contributed by atoms with Crippen LogP contribution in [-0.4, -0.2) is 20.1 Å². The first-order chi connectivity index (χ1) is 6.81. The van der Waals surface area contributed by atoms with Crippen molar-refractivity contribution in [1.82, 2.24) is 0 Å². The van der Waals surface area contributed by atoms with Crippen molar-refractivity contribution in [3.8, 4) is 0 Å². The Labute approximate surface area is 85.0 Å². The second-order valence-corrected chi connectivity index (χ2v) is 3.70. The number of likely N-dealkylation sites (N-methyl/N-ethyl adjacent to an activating group) is 1. The SMILES string of the molecule is CN1CCc2cc(/C=C/CN)ccc21. The fraction of sp³-hybridized carbons (Fsp3) is 0.333. The van der Waals surface area contributed by atoms with E-state index < -0.39 is 0 Å². The van der Waals surface area contributed by atoms with Crippen molar-refractivity contribution in [1.29, 1.82) is 0 Å². The summed E-state index contributed by atoms with van der Waals surface area (Å²) in [5, 5.41) is 0. The standard InChI is InChI=1S/C12H16N2/c1-14-8-6-11-9-10(3-2-7-13)4-5-12(11)14/h2-5,9H,6-8,13H2,1H3/b3-2+. The molecule has 0 aliphatic carbocycles. The Morgan fingerprint density at radius 1 is 1.50 bits per heavy atom. The molecule has 2 N–H and O–H groups in total. The lowest BCUT2D eigenvalue weighted by Crippen LogP contribution is -2.12. The van der Waals surface area contributed by atoms with E-state index in [0.717, 1.165) is 13.0 Å². The Hall–Kier alpha value is -1.28. The van der Waals surface area contributed by atoms with Gasteiger partial charge in [-0.05, 0) is 29.7 Å². The van der Waals surface area contributed by atoms with Crippen LogP contribution in [0.15, 0.2) is 24.3 Å². The summed E-state index contributed by atoms with van der Waals surface area (Å²) in [6.07, 6.45) is 5.23. The second-order valence-electron chi connectivity index (χ2n) is 3.70. The summed E-state index contributed by atoms with van der Waals surface area (Å²) in [7, 11) is 2.14. The van der Waals surface area contributed by atoms with E-state index >= 15 is 0 Å². The van der Waals surface area contributed by atoms with Gasteiger partial charge in [-0.1, -0.05) is 18.2 Å². The number of hydrogen-bond acceptors (Lipinski definition) is 2. The quantitative estimate of drug-likeness (QED) is 0.764. The molecule has 2 rings (SSSR count). The van der Waals surface area contributed by atoms with E-state index in [2.05, 4.69) is 36.2 Å². The molecule has 0 spiro atoms. The number of nitrogens with zero attached hydrogens (tertiary/aromatic N) is 1. The largest absolute Gasteiger partial charge is 0.374 e. The molecule has 1 aromatic rings. The van der Waals surface area contributed by atoms with Crippen molar-refractivity contribution in [2.75, 3.05) is 25.0 Å². The summed E-state index contributed by atoms with van der Waals surface area (Å²) in [5.41, 5.74) is 9.49. The van der Waals surface area contributed by atoms with Gasteiger partial charge in [-0.3, -0.25) is 0 Å². The summed E-state index contributed by atoms with van der Waals surface area (Å²) >= 11 is 0. The first-order valence-corrected chi connectivity index (χ1v) is 5.02. The summed E-state index contributed by atoms with van der Waals surface area (Å²) < 4.78 is 0. The monoisotopic (exact) mass is 188 g/mol. The van der Waals surface area contributed by atoms with Crippen LogP contribution in [0.2, 0.25) is 0 Å². The highest BCUT2D eigenvalue weighted by molar-refractivity contribution is 5.63. The number of fused-ring (bicyclic) bond motifs is 1. The minimum atomic E-state index is 0.608. The summed E-state index contributed by atoms with van der Waals surface area (Å²) in [4.78, 5) is 2.30. The third-order valence-corrected chi connectivity index (χ3v) is 2.68. The molecule has 2 nitrogen and oxygen atoms in total. The van der Waals surface area contributed by atoms with Gasteiger partial charge in [0.15, 0.2) is 0 Å². The van der Waals surface area contributed by atoms with Gasteiger partial charge in [-0.25, -0.2) is 0 Å². The third kappa shape index (κ3) is 1.66. The maximum absolute atomic E-state index is 5.42. The zero-order valence-electron chi connectivity index (χ0n) is 8.53. The summed E-state index contributed by atoms with van der Waals surface area (Å²) in [6.45, 7) is 1.75. The molecule has 0 radical (unpaired) electrons. The van der Waals surface area contributed by atoms with Gasteiger partial charge in [0, 0.05) is 25.8 Å². The van der Waals surface area contributed by atoms with Crippen LogP contribution >= 0.6 is 0 Å². The van der Waals surface area contributed by atoms with Crippen LogP contribution in [0.1, 0.15) is 11.1 Å². The lowest BCUT2D eigenvalue weighted by molar-refractivity contribution is 0.956. The van der Waals surface area contributed by atoms with Crippen molar-refractivity contribution in [2.45, 2.75) is 6.42 Å². The molecule has 1 heterocycles. The molecule has 0 saturated carbocycles. The number of hydrogen-bond donors (Lipinski definition) is 1. The lowest BCUT2D eigenvalue weighted by Gasteiger charge is -2.11. The minimum absolute atomic E-state index is 0.608. The summed E-state index contributed by atoms with van der Waals surface area (Å²) in [6, 6.07) is 6.59. The first kappa shape index (κ1) is 9.28. The Kier molecular flexibility index (Phi) is 2.55. The maximum atomic E-state index is 5.42. The Bertz CT molecular complexity index is 355. The van der Waals surface area contributed by atoms with Crippen molar-refractivity contribution >= 4 is 11.8 Å². The van der Waals surface area contributed by atoms with Gasteiger partial charge in [-0.15, -0.1) is 0 Å². The fourth-order valence-electron chi connectivity index (χ4n) is 1.89. The van der Waals surface area contributed by atoms with Crippen LogP contribution in [-0.2, 0) is 6.42 Å². The second kappa shape index (κ2) is 3.84. The molecule has 0 saturated heterocycles. The third-order valence-electron chi connectivity index (χ3n) is 2.68. The Morgan fingerprint density at radius 2 is 2.36 bits per heavy atom. The van der Waals surface area contributed by atoms with Gasteiger partial charge in [0.1, 0.15) is 0 Å². The van der Waals surface area contributed by atoms with Crippen molar-refractivity contribution in [3.63, 3.8) is 0 Å². The highest BCUT2D eigenvalue weighted by Crippen LogP contribution is 2.27. The molecule has 2 heteroatoms. The first-order valence-electron chi connectivity index (χ1n) is 5.02. The molecule has 0 aromatic heterocycles. The van der Waals surface area contributed by atoms with E-state index in [1.54, 1.807) is 0 Å². The molecule has 74 valence electrons. The predicted octanol–water partition coefficient (Wildman–Crippen LogP) is 1.65. The number of anilines is 1. The Morgan fingerprint density at radius 3 is 3.14 bits per heavy atom. The van der Waals surface area contributed by atoms with Crippen molar-refractivity contribution in [2.24, 2.45) is 5.73 Å². The van der Waals surface area contributed by atoms with E-state index in [0.29, 0.717) is 6.54 Å². The highest BCUT2D eigenvalue weighted by atomic mass is 15.1. The molecular weight excluding hydrogens is 172 g/mol. The van der Waals surface area contributed by atoms with E-state index in [9.17, 15) is 0 Å². The molecule has 1 aliphatic rings. The molecule has 0 atom stereocenters. The van der Waals surface area contributed by atoms with Crippen LogP contribution in [0.4, 0.5) is 5.69 Å². The molecule has 0 unspecified atom stereocenters. The van der Waals surface area contributed by atoms with Gasteiger partial charge < -0.3 is 10.6 Å². The van der Waals surface area contributed by atoms with Gasteiger partial charge >= 0.3 is 0 Å². The van der Waals surface area contributed by atoms with Gasteiger partial charge in [-0.2, -0.15) is 0 Å². The lowest BCUT2D eigenvalue weighted by atomic mass is 10.1. The molecular formula is C12H16N2. The van der Waals surface area contributed by atoms with Crippen molar-refractivity contribution in [3.05, 3.63) is 35.4 Å². The molecule has 0 bridgehead atoms. The summed E-state index contributed by atoms with van der Waals surface area (Å²) in [5.74, 6) is 0. The smallest absolute Gasteiger partial charge is 0.0397 e. The predicted molar refractivity (Wildman–Crippen MR) is 61.5 cm³/mol. The average Bonchev–Trinajstić information content (AvgIpc) is 2.57. The highest BCUT2D eigenvalue weighted by Gasteiger charge is 2.14. The molecule has 1 aliphatic heterocycles. The molecule has 0 fully saturated rings. The zero-order chi connectivity index (χ0) is 9.97. The fourth-order valence-corrected chi connectivity index (χ4v) is 1.89. The molecule has 1 aromatic carbocycles. The number of benzene rings is 1. The van der Waals surface area contributed by atoms with Gasteiger partial charge in [0.25, 0.3) is 0 Å². The molecule has 14 heavy (non-hydrogen) atoms. The number of nitrogens with two attached hydrogens (primary N) is 1. The van der Waals surface area contributed by atoms with Crippen LogP contribution in [0.3, 0.4) is 0 Å². The van der Waals surface area contributed by atoms with E-state index in [-0.39, 0.29) is 0 Å². The zero-order valence-corrected chi connectivity index (χ0v) is 8.53. The normalized spacial score (nSPS) is 15.1. The number of rotatable bonds is 2. The van der Waals surface area contributed by atoms with Crippen LogP contribution < -0.4 is 10.6 Å². The average molecular weight is 188 g/mol. The van der Waals surface area contributed by atoms with Crippen molar-refractivity contribution < 1.29 is 0 Å². The maximum Gasteiger partial charge on any atom is 0.0397 e.